The summed E-state index contributed by atoms with van der Waals surface area (Å²) < 4.78 is 16.4. The van der Waals surface area contributed by atoms with Gasteiger partial charge in [-0.2, -0.15) is 0 Å². The van der Waals surface area contributed by atoms with Gasteiger partial charge in [-0.1, -0.05) is 23.9 Å². The van der Waals surface area contributed by atoms with E-state index in [1.54, 1.807) is 0 Å². The van der Waals surface area contributed by atoms with Gasteiger partial charge in [0.05, 0.1) is 11.5 Å². The molecule has 4 rings (SSSR count). The first kappa shape index (κ1) is 15.0. The highest BCUT2D eigenvalue weighted by Crippen LogP contribution is 2.36. The zero-order valence-electron chi connectivity index (χ0n) is 12.4. The van der Waals surface area contributed by atoms with E-state index in [1.807, 2.05) is 24.3 Å². The van der Waals surface area contributed by atoms with Crippen LogP contribution in [0.25, 0.3) is 11.1 Å². The van der Waals surface area contributed by atoms with Gasteiger partial charge in [-0.3, -0.25) is 10.1 Å². The average molecular weight is 344 g/mol. The maximum absolute atomic E-state index is 11.1. The van der Waals surface area contributed by atoms with E-state index in [0.717, 1.165) is 11.1 Å². The van der Waals surface area contributed by atoms with E-state index in [-0.39, 0.29) is 12.5 Å². The fourth-order valence-corrected chi connectivity index (χ4v) is 3.35. The van der Waals surface area contributed by atoms with Crippen LogP contribution in [0.3, 0.4) is 0 Å². The summed E-state index contributed by atoms with van der Waals surface area (Å²) in [6.07, 6.45) is 0. The second kappa shape index (κ2) is 6.14. The maximum Gasteiger partial charge on any atom is 0.270 e. The number of non-ortho nitro benzene ring substituents is 1. The van der Waals surface area contributed by atoms with Crippen molar-refractivity contribution in [1.82, 2.24) is 4.98 Å². The number of benzene rings is 2. The molecule has 0 spiro atoms. The molecule has 8 heteroatoms. The van der Waals surface area contributed by atoms with E-state index in [1.165, 1.54) is 23.9 Å². The van der Waals surface area contributed by atoms with Gasteiger partial charge in [-0.15, -0.1) is 0 Å². The second-order valence-electron chi connectivity index (χ2n) is 5.20. The molecule has 0 saturated carbocycles. The Balaban J connectivity index is 1.63. The molecule has 2 heterocycles. The highest BCUT2D eigenvalue weighted by molar-refractivity contribution is 7.98. The summed E-state index contributed by atoms with van der Waals surface area (Å²) in [7, 11) is 0. The van der Waals surface area contributed by atoms with Gasteiger partial charge in [0.15, 0.2) is 12.4 Å². The Kier molecular flexibility index (Phi) is 3.83. The Bertz CT molecular complexity index is 891. The fourth-order valence-electron chi connectivity index (χ4n) is 2.55. The maximum atomic E-state index is 11.1. The molecule has 0 N–H and O–H groups in total. The van der Waals surface area contributed by atoms with Crippen LogP contribution < -0.4 is 4.74 Å². The lowest BCUT2D eigenvalue weighted by Gasteiger charge is -2.20. The Morgan fingerprint density at radius 3 is 3.00 bits per heavy atom. The Hall–Kier alpha value is -2.58. The summed E-state index contributed by atoms with van der Waals surface area (Å²) in [6, 6.07) is 10.5. The van der Waals surface area contributed by atoms with Crippen molar-refractivity contribution in [1.29, 1.82) is 0 Å². The van der Waals surface area contributed by atoms with Crippen molar-refractivity contribution < 1.29 is 18.8 Å². The second-order valence-corrected chi connectivity index (χ2v) is 6.12. The van der Waals surface area contributed by atoms with Gasteiger partial charge in [-0.05, 0) is 12.1 Å². The number of nitro groups is 1. The van der Waals surface area contributed by atoms with Gasteiger partial charge in [0.25, 0.3) is 10.9 Å². The summed E-state index contributed by atoms with van der Waals surface area (Å²) in [5, 5.41) is 11.6. The molecule has 0 unspecified atom stereocenters. The number of nitrogens with zero attached hydrogens (tertiary/aromatic N) is 2. The molecule has 2 aromatic carbocycles. The number of fused-ring (bicyclic) bond motifs is 2. The van der Waals surface area contributed by atoms with E-state index in [4.69, 9.17) is 13.9 Å². The van der Waals surface area contributed by atoms with Crippen LogP contribution in [0.5, 0.6) is 5.75 Å². The molecule has 7 nitrogen and oxygen atoms in total. The molecule has 122 valence electrons. The van der Waals surface area contributed by atoms with E-state index in [2.05, 4.69) is 4.98 Å². The van der Waals surface area contributed by atoms with Gasteiger partial charge < -0.3 is 13.9 Å². The standard InChI is InChI=1S/C16H12N2O5S/c19-18(20)12-5-10-7-21-9-22-15(10)11(6-12)8-24-16-17-13-3-1-2-4-14(13)23-16/h1-6H,7-9H2. The van der Waals surface area contributed by atoms with E-state index in [0.29, 0.717) is 34.5 Å². The predicted octanol–water partition coefficient (Wildman–Crippen LogP) is 3.89. The first-order valence-corrected chi connectivity index (χ1v) is 8.18. The van der Waals surface area contributed by atoms with Crippen LogP contribution in [-0.4, -0.2) is 16.7 Å². The Morgan fingerprint density at radius 1 is 1.29 bits per heavy atom. The van der Waals surface area contributed by atoms with Crippen molar-refractivity contribution in [2.45, 2.75) is 17.6 Å². The zero-order valence-corrected chi connectivity index (χ0v) is 13.2. The largest absolute Gasteiger partial charge is 0.467 e. The quantitative estimate of drug-likeness (QED) is 0.403. The first-order valence-electron chi connectivity index (χ1n) is 7.20. The molecule has 0 aliphatic carbocycles. The number of oxazole rings is 1. The molecule has 0 bridgehead atoms. The summed E-state index contributed by atoms with van der Waals surface area (Å²) in [5.41, 5.74) is 2.94. The van der Waals surface area contributed by atoms with Crippen molar-refractivity contribution in [3.05, 3.63) is 57.6 Å². The van der Waals surface area contributed by atoms with Crippen molar-refractivity contribution in [2.75, 3.05) is 6.79 Å². The fraction of sp³-hybridized carbons (Fsp3) is 0.188. The van der Waals surface area contributed by atoms with Crippen LogP contribution in [0.2, 0.25) is 0 Å². The number of rotatable bonds is 4. The molecule has 0 fully saturated rings. The minimum Gasteiger partial charge on any atom is -0.467 e. The van der Waals surface area contributed by atoms with Crippen molar-refractivity contribution in [3.8, 4) is 5.75 Å². The van der Waals surface area contributed by atoms with Gasteiger partial charge in [-0.25, -0.2) is 4.98 Å². The van der Waals surface area contributed by atoms with Crippen molar-refractivity contribution >= 4 is 28.5 Å². The van der Waals surface area contributed by atoms with Crippen LogP contribution in [-0.2, 0) is 17.1 Å². The molecular weight excluding hydrogens is 332 g/mol. The molecule has 0 radical (unpaired) electrons. The third-order valence-electron chi connectivity index (χ3n) is 3.61. The molecule has 1 aromatic heterocycles. The smallest absolute Gasteiger partial charge is 0.270 e. The first-order chi connectivity index (χ1) is 11.7. The molecule has 1 aliphatic heterocycles. The Morgan fingerprint density at radius 2 is 2.17 bits per heavy atom. The normalized spacial score (nSPS) is 13.5. The summed E-state index contributed by atoms with van der Waals surface area (Å²) in [5.74, 6) is 1.10. The third-order valence-corrected chi connectivity index (χ3v) is 4.48. The summed E-state index contributed by atoms with van der Waals surface area (Å²) in [4.78, 5) is 15.1. The lowest BCUT2D eigenvalue weighted by Crippen LogP contribution is -2.13. The summed E-state index contributed by atoms with van der Waals surface area (Å²) >= 11 is 1.37. The van der Waals surface area contributed by atoms with Crippen LogP contribution in [0, 0.1) is 10.1 Å². The monoisotopic (exact) mass is 344 g/mol. The average Bonchev–Trinajstić information content (AvgIpc) is 3.02. The molecule has 1 aliphatic rings. The predicted molar refractivity (Wildman–Crippen MR) is 87.0 cm³/mol. The minimum atomic E-state index is -0.414. The van der Waals surface area contributed by atoms with Gasteiger partial charge >= 0.3 is 0 Å². The number of hydrogen-bond donors (Lipinski definition) is 0. The zero-order chi connectivity index (χ0) is 16.5. The van der Waals surface area contributed by atoms with Crippen molar-refractivity contribution in [3.63, 3.8) is 0 Å². The number of hydrogen-bond acceptors (Lipinski definition) is 7. The number of para-hydroxylation sites is 2. The molecular formula is C16H12N2O5S. The minimum absolute atomic E-state index is 0.0241. The number of ether oxygens (including phenoxy) is 2. The lowest BCUT2D eigenvalue weighted by molar-refractivity contribution is -0.385. The highest BCUT2D eigenvalue weighted by Gasteiger charge is 2.21. The molecule has 0 saturated heterocycles. The Labute approximate surface area is 140 Å². The van der Waals surface area contributed by atoms with E-state index < -0.39 is 4.92 Å². The van der Waals surface area contributed by atoms with E-state index >= 15 is 0 Å². The van der Waals surface area contributed by atoms with Crippen LogP contribution in [0.4, 0.5) is 5.69 Å². The van der Waals surface area contributed by atoms with E-state index in [9.17, 15) is 10.1 Å². The number of nitro benzene ring substituents is 1. The summed E-state index contributed by atoms with van der Waals surface area (Å²) in [6.45, 7) is 0.447. The topological polar surface area (TPSA) is 87.6 Å². The third kappa shape index (κ3) is 2.81. The SMILES string of the molecule is O=[N+]([O-])c1cc2c(c(CSc3nc4ccccc4o3)c1)OCOC2. The lowest BCUT2D eigenvalue weighted by atomic mass is 10.1. The van der Waals surface area contributed by atoms with Gasteiger partial charge in [0.2, 0.25) is 0 Å². The molecule has 0 atom stereocenters. The number of aromatic nitrogens is 1. The van der Waals surface area contributed by atoms with Crippen molar-refractivity contribution in [2.24, 2.45) is 0 Å². The van der Waals surface area contributed by atoms with Crippen LogP contribution >= 0.6 is 11.8 Å². The van der Waals surface area contributed by atoms with Crippen LogP contribution in [0.15, 0.2) is 46.0 Å². The van der Waals surface area contributed by atoms with Crippen LogP contribution in [0.1, 0.15) is 11.1 Å². The molecule has 24 heavy (non-hydrogen) atoms. The molecule has 3 aromatic rings. The van der Waals surface area contributed by atoms with Gasteiger partial charge in [0, 0.05) is 29.0 Å². The molecule has 0 amide bonds. The van der Waals surface area contributed by atoms with Gasteiger partial charge in [0.1, 0.15) is 11.3 Å². The number of thioether (sulfide) groups is 1. The highest BCUT2D eigenvalue weighted by atomic mass is 32.2.